The molecule has 0 bridgehead atoms. The fourth-order valence-corrected chi connectivity index (χ4v) is 2.30. The summed E-state index contributed by atoms with van der Waals surface area (Å²) in [7, 11) is 2.01. The van der Waals surface area contributed by atoms with Gasteiger partial charge in [0.1, 0.15) is 0 Å². The van der Waals surface area contributed by atoms with Crippen LogP contribution in [-0.2, 0) is 12.8 Å². The summed E-state index contributed by atoms with van der Waals surface area (Å²) in [5.74, 6) is 0.607. The Hall–Kier alpha value is -1.54. The first-order valence-electron chi connectivity index (χ1n) is 6.49. The first kappa shape index (κ1) is 12.9. The summed E-state index contributed by atoms with van der Waals surface area (Å²) >= 11 is 0. The van der Waals surface area contributed by atoms with Crippen LogP contribution in [0.1, 0.15) is 16.7 Å². The molecule has 1 aromatic carbocycles. The molecule has 1 aromatic heterocycles. The Morgan fingerprint density at radius 3 is 2.39 bits per heavy atom. The largest absolute Gasteiger partial charge is 0.472 e. The Balaban J connectivity index is 1.99. The molecule has 1 heterocycles. The molecule has 0 spiro atoms. The number of furan rings is 1. The van der Waals surface area contributed by atoms with E-state index in [-0.39, 0.29) is 0 Å². The quantitative estimate of drug-likeness (QED) is 0.842. The highest BCUT2D eigenvalue weighted by atomic mass is 16.3. The number of hydrogen-bond donors (Lipinski definition) is 1. The van der Waals surface area contributed by atoms with Crippen molar-refractivity contribution in [2.45, 2.75) is 19.8 Å². The van der Waals surface area contributed by atoms with Gasteiger partial charge in [-0.1, -0.05) is 29.8 Å². The van der Waals surface area contributed by atoms with Gasteiger partial charge in [0.25, 0.3) is 0 Å². The molecule has 0 aliphatic heterocycles. The minimum Gasteiger partial charge on any atom is -0.472 e. The van der Waals surface area contributed by atoms with E-state index < -0.39 is 0 Å². The van der Waals surface area contributed by atoms with Crippen LogP contribution in [0.25, 0.3) is 0 Å². The molecule has 2 heteroatoms. The lowest BCUT2D eigenvalue weighted by molar-refractivity contribution is 0.488. The second-order valence-corrected chi connectivity index (χ2v) is 4.95. The van der Waals surface area contributed by atoms with Crippen molar-refractivity contribution in [3.05, 3.63) is 59.5 Å². The van der Waals surface area contributed by atoms with Gasteiger partial charge in [-0.05, 0) is 56.5 Å². The van der Waals surface area contributed by atoms with Crippen LogP contribution in [0.15, 0.2) is 47.3 Å². The predicted octanol–water partition coefficient (Wildman–Crippen LogP) is 3.21. The van der Waals surface area contributed by atoms with Gasteiger partial charge >= 0.3 is 0 Å². The van der Waals surface area contributed by atoms with Crippen molar-refractivity contribution < 1.29 is 4.42 Å². The third kappa shape index (κ3) is 3.74. The Labute approximate surface area is 109 Å². The van der Waals surface area contributed by atoms with E-state index >= 15 is 0 Å². The van der Waals surface area contributed by atoms with Crippen molar-refractivity contribution in [3.63, 3.8) is 0 Å². The van der Waals surface area contributed by atoms with E-state index in [0.717, 1.165) is 19.4 Å². The monoisotopic (exact) mass is 243 g/mol. The van der Waals surface area contributed by atoms with Crippen molar-refractivity contribution in [1.82, 2.24) is 5.32 Å². The van der Waals surface area contributed by atoms with Crippen LogP contribution in [0.3, 0.4) is 0 Å². The van der Waals surface area contributed by atoms with Crippen molar-refractivity contribution in [2.75, 3.05) is 13.6 Å². The molecule has 0 aliphatic rings. The van der Waals surface area contributed by atoms with Crippen LogP contribution in [0.5, 0.6) is 0 Å². The van der Waals surface area contributed by atoms with E-state index in [1.165, 1.54) is 16.7 Å². The SMILES string of the molecule is CNCC(Cc1ccc(C)cc1)Cc1ccoc1. The van der Waals surface area contributed by atoms with Crippen LogP contribution in [0.2, 0.25) is 0 Å². The maximum absolute atomic E-state index is 5.14. The second kappa shape index (κ2) is 6.41. The molecule has 18 heavy (non-hydrogen) atoms. The molecule has 0 amide bonds. The van der Waals surface area contributed by atoms with Gasteiger partial charge in [0.15, 0.2) is 0 Å². The van der Waals surface area contributed by atoms with Crippen LogP contribution in [-0.4, -0.2) is 13.6 Å². The highest BCUT2D eigenvalue weighted by Gasteiger charge is 2.10. The Bertz CT molecular complexity index is 444. The van der Waals surface area contributed by atoms with E-state index in [1.807, 2.05) is 13.3 Å². The molecule has 0 saturated heterocycles. The summed E-state index contributed by atoms with van der Waals surface area (Å²) in [6, 6.07) is 10.9. The van der Waals surface area contributed by atoms with Crippen molar-refractivity contribution in [3.8, 4) is 0 Å². The van der Waals surface area contributed by atoms with Gasteiger partial charge < -0.3 is 9.73 Å². The Morgan fingerprint density at radius 2 is 1.78 bits per heavy atom. The molecule has 2 nitrogen and oxygen atoms in total. The van der Waals surface area contributed by atoms with E-state index in [4.69, 9.17) is 4.42 Å². The fraction of sp³-hybridized carbons (Fsp3) is 0.375. The first-order valence-corrected chi connectivity index (χ1v) is 6.49. The molecular weight excluding hydrogens is 222 g/mol. The molecule has 96 valence electrons. The number of aryl methyl sites for hydroxylation is 1. The lowest BCUT2D eigenvalue weighted by Crippen LogP contribution is -2.22. The number of nitrogens with one attached hydrogen (secondary N) is 1. The van der Waals surface area contributed by atoms with Gasteiger partial charge in [0.05, 0.1) is 12.5 Å². The molecule has 2 rings (SSSR count). The maximum Gasteiger partial charge on any atom is 0.0934 e. The molecular formula is C16H21NO. The predicted molar refractivity (Wildman–Crippen MR) is 74.7 cm³/mol. The van der Waals surface area contributed by atoms with Crippen molar-refractivity contribution in [1.29, 1.82) is 0 Å². The lowest BCUT2D eigenvalue weighted by Gasteiger charge is -2.16. The average Bonchev–Trinajstić information content (AvgIpc) is 2.85. The standard InChI is InChI=1S/C16H21NO/c1-13-3-5-14(6-4-13)9-16(11-17-2)10-15-7-8-18-12-15/h3-8,12,16-17H,9-11H2,1-2H3. The number of hydrogen-bond acceptors (Lipinski definition) is 2. The zero-order valence-corrected chi connectivity index (χ0v) is 11.1. The average molecular weight is 243 g/mol. The van der Waals surface area contributed by atoms with Gasteiger partial charge in [0, 0.05) is 0 Å². The zero-order valence-electron chi connectivity index (χ0n) is 11.1. The Kier molecular flexibility index (Phi) is 4.59. The summed E-state index contributed by atoms with van der Waals surface area (Å²) in [4.78, 5) is 0. The number of benzene rings is 1. The smallest absolute Gasteiger partial charge is 0.0934 e. The summed E-state index contributed by atoms with van der Waals surface area (Å²) in [6.45, 7) is 3.15. The highest BCUT2D eigenvalue weighted by molar-refractivity contribution is 5.22. The van der Waals surface area contributed by atoms with Gasteiger partial charge in [-0.25, -0.2) is 0 Å². The van der Waals surface area contributed by atoms with Crippen LogP contribution < -0.4 is 5.32 Å². The van der Waals surface area contributed by atoms with Gasteiger partial charge in [-0.3, -0.25) is 0 Å². The van der Waals surface area contributed by atoms with E-state index in [9.17, 15) is 0 Å². The Morgan fingerprint density at radius 1 is 1.06 bits per heavy atom. The van der Waals surface area contributed by atoms with Gasteiger partial charge in [0.2, 0.25) is 0 Å². The molecule has 0 radical (unpaired) electrons. The molecule has 1 N–H and O–H groups in total. The summed E-state index contributed by atoms with van der Waals surface area (Å²) < 4.78 is 5.14. The van der Waals surface area contributed by atoms with Crippen molar-refractivity contribution in [2.24, 2.45) is 5.92 Å². The first-order chi connectivity index (χ1) is 8.78. The summed E-state index contributed by atoms with van der Waals surface area (Å²) in [5, 5.41) is 3.28. The molecule has 0 saturated carbocycles. The normalized spacial score (nSPS) is 12.6. The van der Waals surface area contributed by atoms with Gasteiger partial charge in [-0.2, -0.15) is 0 Å². The third-order valence-electron chi connectivity index (χ3n) is 3.24. The second-order valence-electron chi connectivity index (χ2n) is 4.95. The molecule has 2 aromatic rings. The minimum atomic E-state index is 0.607. The lowest BCUT2D eigenvalue weighted by atomic mass is 9.93. The van der Waals surface area contributed by atoms with E-state index in [1.54, 1.807) is 6.26 Å². The molecule has 0 fully saturated rings. The minimum absolute atomic E-state index is 0.607. The van der Waals surface area contributed by atoms with Crippen LogP contribution in [0.4, 0.5) is 0 Å². The topological polar surface area (TPSA) is 25.2 Å². The fourth-order valence-electron chi connectivity index (χ4n) is 2.30. The van der Waals surface area contributed by atoms with Crippen LogP contribution >= 0.6 is 0 Å². The highest BCUT2D eigenvalue weighted by Crippen LogP contribution is 2.15. The summed E-state index contributed by atoms with van der Waals surface area (Å²) in [6.07, 6.45) is 5.76. The molecule has 1 atom stereocenters. The van der Waals surface area contributed by atoms with Crippen LogP contribution in [0, 0.1) is 12.8 Å². The van der Waals surface area contributed by atoms with E-state index in [0.29, 0.717) is 5.92 Å². The third-order valence-corrected chi connectivity index (χ3v) is 3.24. The summed E-state index contributed by atoms with van der Waals surface area (Å²) in [5.41, 5.74) is 4.01. The zero-order chi connectivity index (χ0) is 12.8. The number of rotatable bonds is 6. The maximum atomic E-state index is 5.14. The van der Waals surface area contributed by atoms with E-state index in [2.05, 4.69) is 42.6 Å². The molecule has 1 unspecified atom stereocenters. The van der Waals surface area contributed by atoms with Gasteiger partial charge in [-0.15, -0.1) is 0 Å². The molecule has 0 aliphatic carbocycles. The van der Waals surface area contributed by atoms with Crippen molar-refractivity contribution >= 4 is 0 Å².